The SMILES string of the molecule is CCNS(=O)(=O)CCCOc1cccc2c1OC(C)(C)C2. The Morgan fingerprint density at radius 1 is 1.38 bits per heavy atom. The van der Waals surface area contributed by atoms with Gasteiger partial charge in [0.1, 0.15) is 5.60 Å². The van der Waals surface area contributed by atoms with Gasteiger partial charge in [0.15, 0.2) is 11.5 Å². The van der Waals surface area contributed by atoms with Crippen LogP contribution in [0, 0.1) is 0 Å². The molecule has 1 aromatic carbocycles. The molecular formula is C15H23NO4S. The molecule has 0 aliphatic carbocycles. The summed E-state index contributed by atoms with van der Waals surface area (Å²) in [5, 5.41) is 0. The highest BCUT2D eigenvalue weighted by Gasteiger charge is 2.32. The highest BCUT2D eigenvalue weighted by Crippen LogP contribution is 2.41. The fourth-order valence-electron chi connectivity index (χ4n) is 2.42. The predicted octanol–water partition coefficient (Wildman–Crippen LogP) is 2.11. The molecule has 1 N–H and O–H groups in total. The number of ether oxygens (including phenoxy) is 2. The summed E-state index contributed by atoms with van der Waals surface area (Å²) < 4.78 is 37.1. The third-order valence-corrected chi connectivity index (χ3v) is 4.79. The van der Waals surface area contributed by atoms with Crippen molar-refractivity contribution in [3.05, 3.63) is 23.8 Å². The van der Waals surface area contributed by atoms with Gasteiger partial charge in [0.25, 0.3) is 0 Å². The molecule has 5 nitrogen and oxygen atoms in total. The second-order valence-corrected chi connectivity index (χ2v) is 7.73. The van der Waals surface area contributed by atoms with Gasteiger partial charge in [0, 0.05) is 18.5 Å². The molecule has 0 aromatic heterocycles. The van der Waals surface area contributed by atoms with Crippen LogP contribution in [0.2, 0.25) is 0 Å². The van der Waals surface area contributed by atoms with Gasteiger partial charge in [-0.15, -0.1) is 0 Å². The first-order valence-electron chi connectivity index (χ1n) is 7.24. The first-order valence-corrected chi connectivity index (χ1v) is 8.89. The van der Waals surface area contributed by atoms with Gasteiger partial charge in [-0.1, -0.05) is 19.1 Å². The fourth-order valence-corrected chi connectivity index (χ4v) is 3.51. The first-order chi connectivity index (χ1) is 9.83. The Morgan fingerprint density at radius 3 is 2.86 bits per heavy atom. The number of para-hydroxylation sites is 1. The van der Waals surface area contributed by atoms with Crippen LogP contribution in [0.1, 0.15) is 32.8 Å². The maximum absolute atomic E-state index is 11.5. The van der Waals surface area contributed by atoms with Crippen LogP contribution in [-0.4, -0.2) is 32.9 Å². The molecule has 21 heavy (non-hydrogen) atoms. The van der Waals surface area contributed by atoms with Crippen molar-refractivity contribution < 1.29 is 17.9 Å². The van der Waals surface area contributed by atoms with Gasteiger partial charge in [-0.25, -0.2) is 13.1 Å². The van der Waals surface area contributed by atoms with E-state index in [1.54, 1.807) is 6.92 Å². The number of rotatable bonds is 7. The number of sulfonamides is 1. The molecule has 6 heteroatoms. The lowest BCUT2D eigenvalue weighted by Crippen LogP contribution is -2.26. The molecule has 1 aliphatic rings. The van der Waals surface area contributed by atoms with Crippen molar-refractivity contribution in [2.45, 2.75) is 39.2 Å². The summed E-state index contributed by atoms with van der Waals surface area (Å²) >= 11 is 0. The summed E-state index contributed by atoms with van der Waals surface area (Å²) in [5.74, 6) is 1.55. The lowest BCUT2D eigenvalue weighted by Gasteiger charge is -2.18. The molecule has 1 aromatic rings. The van der Waals surface area contributed by atoms with Crippen molar-refractivity contribution in [3.63, 3.8) is 0 Å². The molecule has 2 rings (SSSR count). The number of fused-ring (bicyclic) bond motifs is 1. The van der Waals surface area contributed by atoms with Crippen molar-refractivity contribution in [2.24, 2.45) is 0 Å². The summed E-state index contributed by atoms with van der Waals surface area (Å²) in [6, 6.07) is 5.83. The Kier molecular flexibility index (Phi) is 4.78. The van der Waals surface area contributed by atoms with Crippen molar-refractivity contribution in [3.8, 4) is 11.5 Å². The third kappa shape index (κ3) is 4.35. The summed E-state index contributed by atoms with van der Waals surface area (Å²) in [4.78, 5) is 0. The van der Waals surface area contributed by atoms with Gasteiger partial charge in [-0.2, -0.15) is 0 Å². The standard InChI is InChI=1S/C15H23NO4S/c1-4-16-21(17,18)10-6-9-19-13-8-5-7-12-11-15(2,3)20-14(12)13/h5,7-8,16H,4,6,9-11H2,1-3H3. The van der Waals surface area contributed by atoms with Crippen LogP contribution in [0.5, 0.6) is 11.5 Å². The van der Waals surface area contributed by atoms with E-state index in [0.717, 1.165) is 17.7 Å². The highest BCUT2D eigenvalue weighted by molar-refractivity contribution is 7.89. The Balaban J connectivity index is 1.90. The normalized spacial score (nSPS) is 16.3. The number of nitrogens with one attached hydrogen (secondary N) is 1. The highest BCUT2D eigenvalue weighted by atomic mass is 32.2. The smallest absolute Gasteiger partial charge is 0.211 e. The van der Waals surface area contributed by atoms with Crippen LogP contribution in [0.4, 0.5) is 0 Å². The van der Waals surface area contributed by atoms with E-state index >= 15 is 0 Å². The summed E-state index contributed by atoms with van der Waals surface area (Å²) in [7, 11) is -3.18. The Bertz CT molecular complexity index is 596. The first kappa shape index (κ1) is 16.1. The topological polar surface area (TPSA) is 64.6 Å². The average molecular weight is 313 g/mol. The van der Waals surface area contributed by atoms with E-state index in [0.29, 0.717) is 25.3 Å². The van der Waals surface area contributed by atoms with Crippen molar-refractivity contribution >= 4 is 10.0 Å². The molecule has 0 unspecified atom stereocenters. The van der Waals surface area contributed by atoms with E-state index in [2.05, 4.69) is 4.72 Å². The monoisotopic (exact) mass is 313 g/mol. The lowest BCUT2D eigenvalue weighted by molar-refractivity contribution is 0.132. The maximum Gasteiger partial charge on any atom is 0.211 e. The lowest BCUT2D eigenvalue weighted by atomic mass is 10.0. The van der Waals surface area contributed by atoms with Gasteiger partial charge in [0.05, 0.1) is 12.4 Å². The van der Waals surface area contributed by atoms with Crippen LogP contribution >= 0.6 is 0 Å². The third-order valence-electron chi connectivity index (χ3n) is 3.23. The van der Waals surface area contributed by atoms with Gasteiger partial charge < -0.3 is 9.47 Å². The molecule has 0 spiro atoms. The molecule has 0 amide bonds. The van der Waals surface area contributed by atoms with E-state index < -0.39 is 10.0 Å². The molecule has 0 saturated heterocycles. The zero-order valence-corrected chi connectivity index (χ0v) is 13.6. The van der Waals surface area contributed by atoms with Crippen LogP contribution in [0.25, 0.3) is 0 Å². The Hall–Kier alpha value is -1.27. The quantitative estimate of drug-likeness (QED) is 0.783. The van der Waals surface area contributed by atoms with Crippen molar-refractivity contribution in [2.75, 3.05) is 18.9 Å². The fraction of sp³-hybridized carbons (Fsp3) is 0.600. The van der Waals surface area contributed by atoms with Gasteiger partial charge in [-0.05, 0) is 26.3 Å². The van der Waals surface area contributed by atoms with E-state index in [-0.39, 0.29) is 11.4 Å². The molecule has 0 bridgehead atoms. The molecular weight excluding hydrogens is 290 g/mol. The number of hydrogen-bond acceptors (Lipinski definition) is 4. The molecule has 1 aliphatic heterocycles. The average Bonchev–Trinajstić information content (AvgIpc) is 2.69. The summed E-state index contributed by atoms with van der Waals surface area (Å²) in [6.45, 7) is 6.61. The summed E-state index contributed by atoms with van der Waals surface area (Å²) in [5.41, 5.74) is 0.925. The van der Waals surface area contributed by atoms with Gasteiger partial charge in [0.2, 0.25) is 10.0 Å². The minimum Gasteiger partial charge on any atom is -0.490 e. The minimum atomic E-state index is -3.18. The molecule has 1 heterocycles. The largest absolute Gasteiger partial charge is 0.490 e. The van der Waals surface area contributed by atoms with Crippen LogP contribution in [0.15, 0.2) is 18.2 Å². The van der Waals surface area contributed by atoms with E-state index in [1.807, 2.05) is 32.0 Å². The van der Waals surface area contributed by atoms with Gasteiger partial charge in [-0.3, -0.25) is 0 Å². The maximum atomic E-state index is 11.5. The Morgan fingerprint density at radius 2 is 2.14 bits per heavy atom. The van der Waals surface area contributed by atoms with Crippen LogP contribution in [0.3, 0.4) is 0 Å². The predicted molar refractivity (Wildman–Crippen MR) is 82.4 cm³/mol. The molecule has 0 atom stereocenters. The molecule has 0 radical (unpaired) electrons. The molecule has 118 valence electrons. The summed E-state index contributed by atoms with van der Waals surface area (Å²) in [6.07, 6.45) is 1.30. The zero-order valence-electron chi connectivity index (χ0n) is 12.8. The van der Waals surface area contributed by atoms with Crippen molar-refractivity contribution in [1.82, 2.24) is 4.72 Å². The minimum absolute atomic E-state index is 0.0716. The van der Waals surface area contributed by atoms with E-state index in [1.165, 1.54) is 0 Å². The number of hydrogen-bond donors (Lipinski definition) is 1. The second-order valence-electron chi connectivity index (χ2n) is 5.80. The molecule has 0 fully saturated rings. The van der Waals surface area contributed by atoms with Crippen LogP contribution < -0.4 is 14.2 Å². The zero-order chi connectivity index (χ0) is 15.5. The van der Waals surface area contributed by atoms with E-state index in [9.17, 15) is 8.42 Å². The Labute approximate surface area is 126 Å². The van der Waals surface area contributed by atoms with Crippen LogP contribution in [-0.2, 0) is 16.4 Å². The van der Waals surface area contributed by atoms with Crippen molar-refractivity contribution in [1.29, 1.82) is 0 Å². The molecule has 0 saturated carbocycles. The van der Waals surface area contributed by atoms with Gasteiger partial charge >= 0.3 is 0 Å². The second kappa shape index (κ2) is 6.23. The van der Waals surface area contributed by atoms with E-state index in [4.69, 9.17) is 9.47 Å². The number of benzene rings is 1.